The Labute approximate surface area is 187 Å². The van der Waals surface area contributed by atoms with E-state index in [0.717, 1.165) is 38.5 Å². The molecule has 0 amide bonds. The molecule has 152 valence electrons. The summed E-state index contributed by atoms with van der Waals surface area (Å²) in [5.74, 6) is -0.0295. The van der Waals surface area contributed by atoms with Gasteiger partial charge in [0.1, 0.15) is 0 Å². The third kappa shape index (κ3) is 4.12. The van der Waals surface area contributed by atoms with E-state index < -0.39 is 0 Å². The van der Waals surface area contributed by atoms with Gasteiger partial charge in [-0.3, -0.25) is 4.79 Å². The molecule has 2 nitrogen and oxygen atoms in total. The van der Waals surface area contributed by atoms with Crippen molar-refractivity contribution >= 4 is 45.7 Å². The lowest BCUT2D eigenvalue weighted by Gasteiger charge is -2.05. The molecule has 1 heterocycles. The van der Waals surface area contributed by atoms with Gasteiger partial charge in [0, 0.05) is 10.9 Å². The Morgan fingerprint density at radius 1 is 0.656 bits per heavy atom. The van der Waals surface area contributed by atoms with E-state index in [1.165, 1.54) is 0 Å². The number of carbonyl (C=O) groups excluding carboxylic acids is 1. The number of para-hydroxylation sites is 1. The van der Waals surface area contributed by atoms with E-state index in [2.05, 4.69) is 30.4 Å². The van der Waals surface area contributed by atoms with Gasteiger partial charge in [-0.15, -0.1) is 0 Å². The topological polar surface area (TPSA) is 30.0 Å². The highest BCUT2D eigenvalue weighted by Crippen LogP contribution is 2.23. The summed E-state index contributed by atoms with van der Waals surface area (Å²) in [5.41, 5.74) is 4.56. The van der Waals surface area contributed by atoms with Gasteiger partial charge >= 0.3 is 0 Å². The first-order valence-corrected chi connectivity index (χ1v) is 10.6. The van der Waals surface area contributed by atoms with Crippen LogP contribution in [0, 0.1) is 0 Å². The molecule has 0 radical (unpaired) electrons. The number of carbonyl (C=O) groups is 1. The summed E-state index contributed by atoms with van der Waals surface area (Å²) in [6, 6.07) is 34.1. The number of pyridine rings is 1. The van der Waals surface area contributed by atoms with Crippen molar-refractivity contribution in [3.8, 4) is 0 Å². The molecule has 32 heavy (non-hydrogen) atoms. The van der Waals surface area contributed by atoms with Gasteiger partial charge in [0.05, 0.1) is 11.2 Å². The Kier molecular flexibility index (Phi) is 5.42. The summed E-state index contributed by atoms with van der Waals surface area (Å²) in [6.07, 6.45) is 7.61. The van der Waals surface area contributed by atoms with Gasteiger partial charge in [-0.1, -0.05) is 103 Å². The third-order valence-corrected chi connectivity index (χ3v) is 5.48. The van der Waals surface area contributed by atoms with E-state index in [9.17, 15) is 4.79 Å². The summed E-state index contributed by atoms with van der Waals surface area (Å²) in [4.78, 5) is 17.7. The Hall–Kier alpha value is -4.30. The fourth-order valence-electron chi connectivity index (χ4n) is 3.89. The molecule has 0 N–H and O–H groups in total. The lowest BCUT2D eigenvalue weighted by atomic mass is 10.0. The van der Waals surface area contributed by atoms with E-state index in [1.807, 2.05) is 84.9 Å². The Bertz CT molecular complexity index is 1470. The third-order valence-electron chi connectivity index (χ3n) is 5.48. The van der Waals surface area contributed by atoms with Crippen molar-refractivity contribution in [3.63, 3.8) is 0 Å². The van der Waals surface area contributed by atoms with Gasteiger partial charge in [0.2, 0.25) is 0 Å². The van der Waals surface area contributed by atoms with Crippen LogP contribution in [0.15, 0.2) is 109 Å². The molecule has 0 atom stereocenters. The van der Waals surface area contributed by atoms with Crippen LogP contribution in [-0.4, -0.2) is 10.8 Å². The van der Waals surface area contributed by atoms with E-state index in [0.29, 0.717) is 5.56 Å². The van der Waals surface area contributed by atoms with Crippen molar-refractivity contribution in [2.75, 3.05) is 0 Å². The number of ketones is 1. The van der Waals surface area contributed by atoms with E-state index in [-0.39, 0.29) is 5.78 Å². The molecule has 0 aliphatic heterocycles. The fourth-order valence-corrected chi connectivity index (χ4v) is 3.89. The Morgan fingerprint density at radius 2 is 1.38 bits per heavy atom. The van der Waals surface area contributed by atoms with Crippen LogP contribution in [0.2, 0.25) is 0 Å². The molecule has 5 aromatic rings. The first-order chi connectivity index (χ1) is 15.8. The largest absolute Gasteiger partial charge is 0.289 e. The lowest BCUT2D eigenvalue weighted by molar-refractivity contribution is 0.104. The van der Waals surface area contributed by atoms with Crippen molar-refractivity contribution in [1.82, 2.24) is 4.98 Å². The van der Waals surface area contributed by atoms with Crippen molar-refractivity contribution in [3.05, 3.63) is 132 Å². The van der Waals surface area contributed by atoms with Gasteiger partial charge < -0.3 is 0 Å². The molecule has 2 heteroatoms. The zero-order chi connectivity index (χ0) is 21.8. The summed E-state index contributed by atoms with van der Waals surface area (Å²) in [6.45, 7) is 0. The van der Waals surface area contributed by atoms with Gasteiger partial charge in [-0.2, -0.15) is 0 Å². The van der Waals surface area contributed by atoms with Gasteiger partial charge in [-0.25, -0.2) is 4.98 Å². The number of fused-ring (bicyclic) bond motifs is 2. The molecular weight excluding hydrogens is 390 g/mol. The summed E-state index contributed by atoms with van der Waals surface area (Å²) in [5, 5.41) is 3.10. The molecule has 5 rings (SSSR count). The number of aromatic nitrogens is 1. The van der Waals surface area contributed by atoms with Gasteiger partial charge in [-0.05, 0) is 46.2 Å². The normalized spacial score (nSPS) is 11.6. The molecule has 0 aliphatic rings. The number of hydrogen-bond donors (Lipinski definition) is 0. The van der Waals surface area contributed by atoms with Crippen LogP contribution in [0.5, 0.6) is 0 Å². The zero-order valence-corrected chi connectivity index (χ0v) is 17.5. The van der Waals surface area contributed by atoms with E-state index >= 15 is 0 Å². The number of rotatable bonds is 5. The molecule has 0 spiro atoms. The van der Waals surface area contributed by atoms with Crippen molar-refractivity contribution in [2.45, 2.75) is 0 Å². The maximum atomic E-state index is 13.0. The Morgan fingerprint density at radius 3 is 2.25 bits per heavy atom. The quantitative estimate of drug-likeness (QED) is 0.222. The summed E-state index contributed by atoms with van der Waals surface area (Å²) in [7, 11) is 0. The van der Waals surface area contributed by atoms with Crippen LogP contribution in [-0.2, 0) is 0 Å². The van der Waals surface area contributed by atoms with Crippen LogP contribution in [0.4, 0.5) is 0 Å². The van der Waals surface area contributed by atoms with Crippen molar-refractivity contribution < 1.29 is 4.79 Å². The highest BCUT2D eigenvalue weighted by Gasteiger charge is 2.07. The van der Waals surface area contributed by atoms with E-state index in [4.69, 9.17) is 4.98 Å². The maximum absolute atomic E-state index is 13.0. The molecule has 0 bridgehead atoms. The second-order valence-electron chi connectivity index (χ2n) is 7.62. The molecule has 0 aliphatic carbocycles. The smallest absolute Gasteiger partial charge is 0.186 e. The monoisotopic (exact) mass is 411 g/mol. The average molecular weight is 412 g/mol. The number of hydrogen-bond acceptors (Lipinski definition) is 2. The Balaban J connectivity index is 1.51. The predicted molar refractivity (Wildman–Crippen MR) is 134 cm³/mol. The standard InChI is InChI=1S/C30H21NO/c32-30(28-15-8-12-23-11-4-5-13-26(23)28)20-19-25-21-24(18-17-22-9-2-1-3-10-22)27-14-6-7-16-29(27)31-25/h1-21H/b18-17+,20-19+. The molecule has 1 aromatic heterocycles. The number of nitrogens with zero attached hydrogens (tertiary/aromatic N) is 1. The first-order valence-electron chi connectivity index (χ1n) is 10.6. The molecule has 0 unspecified atom stereocenters. The van der Waals surface area contributed by atoms with E-state index in [1.54, 1.807) is 12.2 Å². The number of benzene rings is 4. The highest BCUT2D eigenvalue weighted by atomic mass is 16.1. The van der Waals surface area contributed by atoms with Crippen LogP contribution < -0.4 is 0 Å². The number of allylic oxidation sites excluding steroid dienone is 1. The molecular formula is C30H21NO. The molecule has 0 saturated carbocycles. The van der Waals surface area contributed by atoms with Crippen molar-refractivity contribution in [2.24, 2.45) is 0 Å². The van der Waals surface area contributed by atoms with Gasteiger partial charge in [0.15, 0.2) is 5.78 Å². The highest BCUT2D eigenvalue weighted by molar-refractivity contribution is 6.14. The minimum atomic E-state index is -0.0295. The van der Waals surface area contributed by atoms with Crippen LogP contribution in [0.3, 0.4) is 0 Å². The lowest BCUT2D eigenvalue weighted by Crippen LogP contribution is -1.96. The minimum absolute atomic E-state index is 0.0295. The first kappa shape index (κ1) is 19.7. The average Bonchev–Trinajstić information content (AvgIpc) is 2.86. The van der Waals surface area contributed by atoms with Crippen molar-refractivity contribution in [1.29, 1.82) is 0 Å². The second kappa shape index (κ2) is 8.83. The SMILES string of the molecule is O=C(/C=C/c1cc(/C=C/c2ccccc2)c2ccccc2n1)c1cccc2ccccc12. The maximum Gasteiger partial charge on any atom is 0.186 e. The summed E-state index contributed by atoms with van der Waals surface area (Å²) >= 11 is 0. The fraction of sp³-hybridized carbons (Fsp3) is 0. The zero-order valence-electron chi connectivity index (χ0n) is 17.5. The predicted octanol–water partition coefficient (Wildman–Crippen LogP) is 7.45. The van der Waals surface area contributed by atoms with Crippen LogP contribution in [0.1, 0.15) is 27.2 Å². The van der Waals surface area contributed by atoms with Crippen LogP contribution >= 0.6 is 0 Å². The molecule has 0 fully saturated rings. The molecule has 0 saturated heterocycles. The van der Waals surface area contributed by atoms with Crippen LogP contribution in [0.25, 0.3) is 39.9 Å². The second-order valence-corrected chi connectivity index (χ2v) is 7.62. The summed E-state index contributed by atoms with van der Waals surface area (Å²) < 4.78 is 0. The molecule has 4 aromatic carbocycles. The van der Waals surface area contributed by atoms with Gasteiger partial charge in [0.25, 0.3) is 0 Å². The minimum Gasteiger partial charge on any atom is -0.289 e.